The largest absolute Gasteiger partial charge is 0.358 e. The summed E-state index contributed by atoms with van der Waals surface area (Å²) in [6.45, 7) is 1.43. The molecule has 0 radical (unpaired) electrons. The van der Waals surface area contributed by atoms with E-state index in [2.05, 4.69) is 30.2 Å². The Morgan fingerprint density at radius 2 is 1.10 bits per heavy atom. The highest BCUT2D eigenvalue weighted by Crippen LogP contribution is 2.43. The lowest BCUT2D eigenvalue weighted by atomic mass is 9.94. The maximum Gasteiger partial charge on any atom is 0.177 e. The highest BCUT2D eigenvalue weighted by molar-refractivity contribution is 6.21. The van der Waals surface area contributed by atoms with Gasteiger partial charge in [0.2, 0.25) is 0 Å². The first-order chi connectivity index (χ1) is 14.9. The maximum atomic E-state index is 9.61. The number of nitriles is 6. The van der Waals surface area contributed by atoms with Crippen molar-refractivity contribution in [3.63, 3.8) is 0 Å². The van der Waals surface area contributed by atoms with Crippen molar-refractivity contribution in [2.45, 2.75) is 12.5 Å². The minimum Gasteiger partial charge on any atom is -0.358 e. The van der Waals surface area contributed by atoms with E-state index in [0.29, 0.717) is 0 Å². The topological polar surface area (TPSA) is 219 Å². The Balaban J connectivity index is 2.33. The molecule has 31 heavy (non-hydrogen) atoms. The van der Waals surface area contributed by atoms with Crippen LogP contribution >= 0.6 is 0 Å². The molecule has 140 valence electrons. The second-order valence-corrected chi connectivity index (χ2v) is 6.34. The van der Waals surface area contributed by atoms with Crippen LogP contribution in [0.3, 0.4) is 0 Å². The average Bonchev–Trinajstić information content (AvgIpc) is 2.81. The molecule has 12 nitrogen and oxygen atoms in total. The van der Waals surface area contributed by atoms with Crippen LogP contribution in [0.4, 0.5) is 11.4 Å². The van der Waals surface area contributed by atoms with Crippen LogP contribution in [0.1, 0.15) is 29.7 Å². The molecule has 0 spiro atoms. The lowest BCUT2D eigenvalue weighted by Crippen LogP contribution is -2.43. The van der Waals surface area contributed by atoms with Gasteiger partial charge in [-0.15, -0.1) is 0 Å². The number of benzene rings is 1. The summed E-state index contributed by atoms with van der Waals surface area (Å²) in [6, 6.07) is 10.9. The fourth-order valence-electron chi connectivity index (χ4n) is 3.06. The van der Waals surface area contributed by atoms with Gasteiger partial charge < -0.3 is 5.32 Å². The zero-order valence-corrected chi connectivity index (χ0v) is 15.4. The van der Waals surface area contributed by atoms with E-state index in [9.17, 15) is 31.6 Å². The van der Waals surface area contributed by atoms with Crippen LogP contribution in [0.2, 0.25) is 0 Å². The van der Waals surface area contributed by atoms with Crippen molar-refractivity contribution >= 4 is 39.2 Å². The first-order valence-electron chi connectivity index (χ1n) is 8.33. The number of hydrogen-bond acceptors (Lipinski definition) is 12. The highest BCUT2D eigenvalue weighted by Gasteiger charge is 2.38. The fraction of sp³-hybridized carbons (Fsp3) is 0.105. The second-order valence-electron chi connectivity index (χ2n) is 6.34. The van der Waals surface area contributed by atoms with Gasteiger partial charge in [0, 0.05) is 0 Å². The molecule has 2 aromatic heterocycles. The van der Waals surface area contributed by atoms with E-state index in [1.54, 1.807) is 24.3 Å². The Kier molecular flexibility index (Phi) is 3.87. The molecule has 1 aliphatic heterocycles. The van der Waals surface area contributed by atoms with E-state index >= 15 is 0 Å². The summed E-state index contributed by atoms with van der Waals surface area (Å²) in [5.74, 6) is 0. The van der Waals surface area contributed by atoms with E-state index in [4.69, 9.17) is 0 Å². The van der Waals surface area contributed by atoms with Gasteiger partial charge in [0.25, 0.3) is 0 Å². The van der Waals surface area contributed by atoms with Crippen molar-refractivity contribution in [2.75, 3.05) is 5.32 Å². The van der Waals surface area contributed by atoms with Crippen molar-refractivity contribution < 1.29 is 0 Å². The predicted molar refractivity (Wildman–Crippen MR) is 102 cm³/mol. The van der Waals surface area contributed by atoms with Crippen molar-refractivity contribution in [3.8, 4) is 36.4 Å². The van der Waals surface area contributed by atoms with Gasteiger partial charge in [-0.1, -0.05) is 0 Å². The smallest absolute Gasteiger partial charge is 0.177 e. The zero-order chi connectivity index (χ0) is 22.3. The summed E-state index contributed by atoms with van der Waals surface area (Å²) in [6.07, 6.45) is 0. The maximum absolute atomic E-state index is 9.61. The van der Waals surface area contributed by atoms with Crippen LogP contribution in [-0.4, -0.2) is 31.2 Å². The SMILES string of the molecule is CC1(C#N)Nc2c(c3nc(C#N)c(C#N)nc3c3nc(C#N)c(C#N)nc23)N=C1C#N. The van der Waals surface area contributed by atoms with Crippen LogP contribution in [0, 0.1) is 68.0 Å². The number of anilines is 1. The minimum absolute atomic E-state index is 0.00110. The van der Waals surface area contributed by atoms with Crippen LogP contribution < -0.4 is 5.32 Å². The molecule has 1 N–H and O–H groups in total. The van der Waals surface area contributed by atoms with Gasteiger partial charge in [0.05, 0.1) is 11.8 Å². The molecule has 0 saturated carbocycles. The molecule has 3 aromatic rings. The first-order valence-corrected chi connectivity index (χ1v) is 8.33. The van der Waals surface area contributed by atoms with E-state index in [1.165, 1.54) is 6.92 Å². The fourth-order valence-corrected chi connectivity index (χ4v) is 3.06. The molecule has 0 aliphatic carbocycles. The first kappa shape index (κ1) is 18.7. The quantitative estimate of drug-likeness (QED) is 0.530. The summed E-state index contributed by atoms with van der Waals surface area (Å²) < 4.78 is 0. The molecule has 0 saturated heterocycles. The molecular formula is C19H4N12. The summed E-state index contributed by atoms with van der Waals surface area (Å²) in [7, 11) is 0. The molecular weight excluding hydrogens is 396 g/mol. The molecule has 1 atom stereocenters. The van der Waals surface area contributed by atoms with E-state index in [0.717, 1.165) is 0 Å². The number of hydrogen-bond donors (Lipinski definition) is 1. The normalized spacial score (nSPS) is 16.3. The predicted octanol–water partition coefficient (Wildman–Crippen LogP) is 1.36. The van der Waals surface area contributed by atoms with Gasteiger partial charge in [-0.05, 0) is 6.92 Å². The number of aliphatic imine (C=N–C) groups is 1. The molecule has 4 rings (SSSR count). The Morgan fingerprint density at radius 1 is 0.645 bits per heavy atom. The van der Waals surface area contributed by atoms with Gasteiger partial charge in [-0.2, -0.15) is 31.6 Å². The van der Waals surface area contributed by atoms with Crippen LogP contribution in [0.25, 0.3) is 22.1 Å². The number of nitrogens with one attached hydrogen (secondary N) is 1. The van der Waals surface area contributed by atoms with Crippen molar-refractivity contribution in [1.82, 2.24) is 19.9 Å². The Labute approximate surface area is 173 Å². The highest BCUT2D eigenvalue weighted by atomic mass is 15.1. The zero-order valence-electron chi connectivity index (χ0n) is 15.4. The third-order valence-corrected chi connectivity index (χ3v) is 4.54. The summed E-state index contributed by atoms with van der Waals surface area (Å²) in [5, 5.41) is 59.4. The lowest BCUT2D eigenvalue weighted by molar-refractivity contribution is 0.860. The molecule has 1 aromatic carbocycles. The van der Waals surface area contributed by atoms with E-state index in [-0.39, 0.29) is 61.9 Å². The molecule has 1 aliphatic rings. The number of aromatic nitrogens is 4. The molecule has 0 bridgehead atoms. The van der Waals surface area contributed by atoms with E-state index in [1.807, 2.05) is 12.1 Å². The van der Waals surface area contributed by atoms with Gasteiger partial charge in [0.15, 0.2) is 34.0 Å². The lowest BCUT2D eigenvalue weighted by Gasteiger charge is -2.28. The van der Waals surface area contributed by atoms with Gasteiger partial charge in [0.1, 0.15) is 58.1 Å². The third kappa shape index (κ3) is 2.45. The standard InChI is InChI=1S/C19H4N12/c1-19(7-25)12(6-24)30-17-15-13(26-8(2-20)9(3-21)28-15)14-16(18(17)31-19)29-11(5-23)10(4-22)27-14/h31H,1H3. The number of nitrogens with zero attached hydrogens (tertiary/aromatic N) is 11. The summed E-state index contributed by atoms with van der Waals surface area (Å²) >= 11 is 0. The van der Waals surface area contributed by atoms with Gasteiger partial charge in [-0.25, -0.2) is 24.9 Å². The summed E-state index contributed by atoms with van der Waals surface area (Å²) in [4.78, 5) is 20.9. The molecule has 3 heterocycles. The van der Waals surface area contributed by atoms with Crippen LogP contribution in [-0.2, 0) is 0 Å². The van der Waals surface area contributed by atoms with Crippen molar-refractivity contribution in [3.05, 3.63) is 22.8 Å². The van der Waals surface area contributed by atoms with Crippen molar-refractivity contribution in [1.29, 1.82) is 31.6 Å². The number of rotatable bonds is 0. The van der Waals surface area contributed by atoms with Crippen molar-refractivity contribution in [2.24, 2.45) is 4.99 Å². The van der Waals surface area contributed by atoms with Gasteiger partial charge in [-0.3, -0.25) is 0 Å². The Hall–Kier alpha value is -5.69. The Bertz CT molecular complexity index is 1640. The second kappa shape index (κ2) is 6.43. The monoisotopic (exact) mass is 400 g/mol. The molecule has 0 amide bonds. The molecule has 12 heteroatoms. The Morgan fingerprint density at radius 3 is 1.55 bits per heavy atom. The van der Waals surface area contributed by atoms with E-state index < -0.39 is 5.54 Å². The molecule has 0 fully saturated rings. The van der Waals surface area contributed by atoms with Gasteiger partial charge >= 0.3 is 0 Å². The number of fused-ring (bicyclic) bond motifs is 6. The third-order valence-electron chi connectivity index (χ3n) is 4.54. The van der Waals surface area contributed by atoms with Crippen LogP contribution in [0.15, 0.2) is 4.99 Å². The minimum atomic E-state index is -1.52. The van der Waals surface area contributed by atoms with Crippen LogP contribution in [0.5, 0.6) is 0 Å². The molecule has 1 unspecified atom stereocenters. The average molecular weight is 400 g/mol. The summed E-state index contributed by atoms with van der Waals surface area (Å²) in [5.41, 5.74) is -2.55.